The second-order valence-electron chi connectivity index (χ2n) is 6.95. The van der Waals surface area contributed by atoms with Gasteiger partial charge in [-0.2, -0.15) is 0 Å². The normalized spacial score (nSPS) is 14.5. The van der Waals surface area contributed by atoms with Crippen LogP contribution in [0.15, 0.2) is 48.5 Å². The van der Waals surface area contributed by atoms with Crippen LogP contribution in [0.25, 0.3) is 0 Å². The molecule has 1 aliphatic rings. The van der Waals surface area contributed by atoms with E-state index in [4.69, 9.17) is 4.74 Å². The fourth-order valence-electron chi connectivity index (χ4n) is 3.55. The fraction of sp³-hybridized carbons (Fsp3) is 0.381. The van der Waals surface area contributed by atoms with Gasteiger partial charge in [-0.05, 0) is 36.6 Å². The Labute approximate surface area is 163 Å². The smallest absolute Gasteiger partial charge is 0.310 e. The molecule has 148 valence electrons. The third-order valence-corrected chi connectivity index (χ3v) is 5.02. The van der Waals surface area contributed by atoms with Crippen molar-refractivity contribution in [2.75, 3.05) is 6.61 Å². The molecule has 0 aromatic heterocycles. The fourth-order valence-corrected chi connectivity index (χ4v) is 3.55. The highest BCUT2D eigenvalue weighted by atomic mass is 19.1. The second kappa shape index (κ2) is 9.30. The van der Waals surface area contributed by atoms with E-state index in [9.17, 15) is 19.3 Å². The molecular formula is C21H23FN2O4. The van der Waals surface area contributed by atoms with Gasteiger partial charge in [0.25, 0.3) is 5.91 Å². The van der Waals surface area contributed by atoms with E-state index in [1.807, 2.05) is 0 Å². The number of carbonyl (C=O) groups is 1. The first-order chi connectivity index (χ1) is 13.5. The van der Waals surface area contributed by atoms with Crippen molar-refractivity contribution in [3.05, 3.63) is 70.0 Å². The highest BCUT2D eigenvalue weighted by molar-refractivity contribution is 5.78. The minimum atomic E-state index is -0.531. The molecule has 0 spiro atoms. The van der Waals surface area contributed by atoms with Crippen molar-refractivity contribution < 1.29 is 18.8 Å². The standard InChI is InChI=1S/C21H23FN2O4/c22-17-12-10-16(11-13-17)14-23(18-6-2-1-3-7-18)21(25)15-28-20-9-5-4-8-19(20)24(26)27/h4-5,8-13,18H,1-3,6-7,14-15H2. The number of nitrogens with zero attached hydrogens (tertiary/aromatic N) is 2. The Kier molecular flexibility index (Phi) is 6.57. The van der Waals surface area contributed by atoms with Crippen molar-refractivity contribution in [3.63, 3.8) is 0 Å². The van der Waals surface area contributed by atoms with Gasteiger partial charge in [0.05, 0.1) is 4.92 Å². The van der Waals surface area contributed by atoms with Crippen LogP contribution in [0.4, 0.5) is 10.1 Å². The summed E-state index contributed by atoms with van der Waals surface area (Å²) >= 11 is 0. The summed E-state index contributed by atoms with van der Waals surface area (Å²) < 4.78 is 18.7. The van der Waals surface area contributed by atoms with Crippen molar-refractivity contribution >= 4 is 11.6 Å². The molecule has 0 saturated heterocycles. The Morgan fingerprint density at radius 1 is 1.11 bits per heavy atom. The van der Waals surface area contributed by atoms with Crippen LogP contribution in [-0.2, 0) is 11.3 Å². The van der Waals surface area contributed by atoms with Crippen LogP contribution in [0.3, 0.4) is 0 Å². The van der Waals surface area contributed by atoms with Gasteiger partial charge >= 0.3 is 5.69 Å². The van der Waals surface area contributed by atoms with Gasteiger partial charge in [0.2, 0.25) is 0 Å². The average molecular weight is 386 g/mol. The Bertz CT molecular complexity index is 819. The summed E-state index contributed by atoms with van der Waals surface area (Å²) in [6, 6.07) is 12.2. The SMILES string of the molecule is O=C(COc1ccccc1[N+](=O)[O-])N(Cc1ccc(F)cc1)C1CCCCC1. The minimum absolute atomic E-state index is 0.0752. The van der Waals surface area contributed by atoms with E-state index in [0.29, 0.717) is 6.54 Å². The van der Waals surface area contributed by atoms with Crippen LogP contribution in [0.1, 0.15) is 37.7 Å². The van der Waals surface area contributed by atoms with Crippen molar-refractivity contribution in [1.82, 2.24) is 4.90 Å². The number of hydrogen-bond acceptors (Lipinski definition) is 4. The number of rotatable bonds is 7. The summed E-state index contributed by atoms with van der Waals surface area (Å²) in [7, 11) is 0. The third-order valence-electron chi connectivity index (χ3n) is 5.02. The molecule has 0 bridgehead atoms. The lowest BCUT2D eigenvalue weighted by atomic mass is 9.93. The van der Waals surface area contributed by atoms with Gasteiger partial charge < -0.3 is 9.64 Å². The van der Waals surface area contributed by atoms with E-state index in [1.54, 1.807) is 29.2 Å². The van der Waals surface area contributed by atoms with E-state index >= 15 is 0 Å². The number of carbonyl (C=O) groups excluding carboxylic acids is 1. The first-order valence-electron chi connectivity index (χ1n) is 9.45. The number of halogens is 1. The maximum absolute atomic E-state index is 13.2. The van der Waals surface area contributed by atoms with E-state index < -0.39 is 4.92 Å². The molecule has 0 N–H and O–H groups in total. The van der Waals surface area contributed by atoms with Gasteiger partial charge in [-0.3, -0.25) is 14.9 Å². The van der Waals surface area contributed by atoms with Crippen molar-refractivity contribution in [2.45, 2.75) is 44.7 Å². The molecule has 0 heterocycles. The van der Waals surface area contributed by atoms with E-state index in [2.05, 4.69) is 0 Å². The molecule has 28 heavy (non-hydrogen) atoms. The molecule has 2 aromatic rings. The zero-order valence-corrected chi connectivity index (χ0v) is 15.6. The lowest BCUT2D eigenvalue weighted by Gasteiger charge is -2.34. The molecule has 1 amide bonds. The average Bonchev–Trinajstić information content (AvgIpc) is 2.72. The quantitative estimate of drug-likeness (QED) is 0.520. The van der Waals surface area contributed by atoms with E-state index in [0.717, 1.165) is 37.7 Å². The number of hydrogen-bond donors (Lipinski definition) is 0. The highest BCUT2D eigenvalue weighted by Gasteiger charge is 2.26. The van der Waals surface area contributed by atoms with E-state index in [1.165, 1.54) is 24.3 Å². The van der Waals surface area contributed by atoms with Crippen LogP contribution in [0, 0.1) is 15.9 Å². The van der Waals surface area contributed by atoms with Gasteiger partial charge in [0, 0.05) is 18.7 Å². The predicted octanol–water partition coefficient (Wildman–Crippen LogP) is 4.47. The van der Waals surface area contributed by atoms with Gasteiger partial charge in [0.15, 0.2) is 12.4 Å². The number of para-hydroxylation sites is 2. The molecule has 2 aromatic carbocycles. The van der Waals surface area contributed by atoms with E-state index in [-0.39, 0.29) is 35.8 Å². The minimum Gasteiger partial charge on any atom is -0.477 e. The molecule has 7 heteroatoms. The number of nitro benzene ring substituents is 1. The van der Waals surface area contributed by atoms with Gasteiger partial charge in [0.1, 0.15) is 5.82 Å². The third kappa shape index (κ3) is 5.06. The van der Waals surface area contributed by atoms with Gasteiger partial charge in [-0.25, -0.2) is 4.39 Å². The van der Waals surface area contributed by atoms with Crippen molar-refractivity contribution in [3.8, 4) is 5.75 Å². The summed E-state index contributed by atoms with van der Waals surface area (Å²) in [4.78, 5) is 25.3. The molecule has 6 nitrogen and oxygen atoms in total. The summed E-state index contributed by atoms with van der Waals surface area (Å²) in [6.45, 7) is 0.0899. The monoisotopic (exact) mass is 386 g/mol. The maximum Gasteiger partial charge on any atom is 0.310 e. The van der Waals surface area contributed by atoms with Crippen LogP contribution in [0.5, 0.6) is 5.75 Å². The lowest BCUT2D eigenvalue weighted by molar-refractivity contribution is -0.385. The first kappa shape index (κ1) is 19.8. The van der Waals surface area contributed by atoms with Crippen LogP contribution < -0.4 is 4.74 Å². The molecule has 0 radical (unpaired) electrons. The summed E-state index contributed by atoms with van der Waals surface area (Å²) in [5.41, 5.74) is 0.670. The Hall–Kier alpha value is -2.96. The molecule has 0 aliphatic heterocycles. The lowest BCUT2D eigenvalue weighted by Crippen LogP contribution is -2.43. The summed E-state index contributed by atoms with van der Waals surface area (Å²) in [6.07, 6.45) is 5.10. The predicted molar refractivity (Wildman–Crippen MR) is 102 cm³/mol. The Morgan fingerprint density at radius 2 is 1.79 bits per heavy atom. The van der Waals surface area contributed by atoms with Crippen molar-refractivity contribution in [1.29, 1.82) is 0 Å². The second-order valence-corrected chi connectivity index (χ2v) is 6.95. The highest BCUT2D eigenvalue weighted by Crippen LogP contribution is 2.27. The number of nitro groups is 1. The van der Waals surface area contributed by atoms with Crippen molar-refractivity contribution in [2.24, 2.45) is 0 Å². The number of ether oxygens (including phenoxy) is 1. The van der Waals surface area contributed by atoms with Gasteiger partial charge in [-0.15, -0.1) is 0 Å². The molecule has 1 aliphatic carbocycles. The van der Waals surface area contributed by atoms with Crippen LogP contribution in [0.2, 0.25) is 0 Å². The zero-order valence-electron chi connectivity index (χ0n) is 15.6. The maximum atomic E-state index is 13.2. The molecular weight excluding hydrogens is 363 g/mol. The summed E-state index contributed by atoms with van der Waals surface area (Å²) in [5.74, 6) is -0.473. The zero-order chi connectivity index (χ0) is 19.9. The number of benzene rings is 2. The Morgan fingerprint density at radius 3 is 2.46 bits per heavy atom. The molecule has 0 atom stereocenters. The largest absolute Gasteiger partial charge is 0.477 e. The topological polar surface area (TPSA) is 72.7 Å². The van der Waals surface area contributed by atoms with Crippen LogP contribution in [-0.4, -0.2) is 28.4 Å². The first-order valence-corrected chi connectivity index (χ1v) is 9.45. The molecule has 1 saturated carbocycles. The molecule has 1 fully saturated rings. The number of amides is 1. The van der Waals surface area contributed by atoms with Gasteiger partial charge in [-0.1, -0.05) is 43.5 Å². The Balaban J connectivity index is 1.72. The summed E-state index contributed by atoms with van der Waals surface area (Å²) in [5, 5.41) is 11.1. The molecule has 0 unspecified atom stereocenters. The molecule has 3 rings (SSSR count). The van der Waals surface area contributed by atoms with Crippen LogP contribution >= 0.6 is 0 Å².